The highest BCUT2D eigenvalue weighted by molar-refractivity contribution is 5.41. The summed E-state index contributed by atoms with van der Waals surface area (Å²) >= 11 is 0. The Morgan fingerprint density at radius 1 is 0.929 bits per heavy atom. The molecular formula is C20H21FN6O. The van der Waals surface area contributed by atoms with E-state index >= 15 is 0 Å². The van der Waals surface area contributed by atoms with E-state index in [1.54, 1.807) is 18.2 Å². The number of benzene rings is 1. The Labute approximate surface area is 162 Å². The second kappa shape index (κ2) is 7.75. The molecule has 0 N–H and O–H groups in total. The van der Waals surface area contributed by atoms with Crippen LogP contribution in [0.3, 0.4) is 0 Å². The Balaban J connectivity index is 1.45. The van der Waals surface area contributed by atoms with E-state index < -0.39 is 0 Å². The summed E-state index contributed by atoms with van der Waals surface area (Å²) < 4.78 is 14.5. The van der Waals surface area contributed by atoms with Crippen molar-refractivity contribution in [1.29, 1.82) is 0 Å². The van der Waals surface area contributed by atoms with Gasteiger partial charge in [0.2, 0.25) is 5.95 Å². The summed E-state index contributed by atoms with van der Waals surface area (Å²) in [4.78, 5) is 25.2. The molecule has 0 bridgehead atoms. The smallest absolute Gasteiger partial charge is 0.267 e. The molecule has 144 valence electrons. The van der Waals surface area contributed by atoms with Crippen LogP contribution in [-0.2, 0) is 6.54 Å². The van der Waals surface area contributed by atoms with Crippen LogP contribution in [0, 0.1) is 12.7 Å². The normalized spacial score (nSPS) is 14.4. The first-order valence-corrected chi connectivity index (χ1v) is 9.20. The molecule has 4 rings (SSSR count). The lowest BCUT2D eigenvalue weighted by Crippen LogP contribution is -2.47. The molecule has 0 spiro atoms. The van der Waals surface area contributed by atoms with E-state index in [-0.39, 0.29) is 11.4 Å². The summed E-state index contributed by atoms with van der Waals surface area (Å²) in [6.07, 6.45) is 3.64. The summed E-state index contributed by atoms with van der Waals surface area (Å²) in [5.74, 6) is 1.19. The number of rotatable bonds is 4. The number of nitrogens with zero attached hydrogens (tertiary/aromatic N) is 6. The van der Waals surface area contributed by atoms with Gasteiger partial charge in [0, 0.05) is 44.6 Å². The standard InChI is InChI=1S/C20H21FN6O/c1-15-12-22-20(23-13-15)26-10-8-25(9-11-26)18-6-7-19(28)27(24-18)14-16-2-4-17(21)5-3-16/h2-7,12-13H,8-11,14H2,1H3. The van der Waals surface area contributed by atoms with Crippen LogP contribution >= 0.6 is 0 Å². The Hall–Kier alpha value is -3.29. The molecule has 0 aliphatic carbocycles. The number of halogens is 1. The zero-order valence-corrected chi connectivity index (χ0v) is 15.6. The zero-order chi connectivity index (χ0) is 19.5. The van der Waals surface area contributed by atoms with E-state index in [9.17, 15) is 9.18 Å². The monoisotopic (exact) mass is 380 g/mol. The van der Waals surface area contributed by atoms with Crippen molar-refractivity contribution in [3.63, 3.8) is 0 Å². The zero-order valence-electron chi connectivity index (χ0n) is 15.6. The van der Waals surface area contributed by atoms with Crippen molar-refractivity contribution in [1.82, 2.24) is 19.7 Å². The molecule has 1 aliphatic heterocycles. The Morgan fingerprint density at radius 3 is 2.25 bits per heavy atom. The molecule has 3 aromatic rings. The number of hydrogen-bond donors (Lipinski definition) is 0. The molecule has 1 saturated heterocycles. The largest absolute Gasteiger partial charge is 0.352 e. The molecule has 0 saturated carbocycles. The highest BCUT2D eigenvalue weighted by atomic mass is 19.1. The first kappa shape index (κ1) is 18.1. The Kier molecular flexibility index (Phi) is 5.01. The molecule has 8 heteroatoms. The molecule has 0 atom stereocenters. The Bertz CT molecular complexity index is 994. The maximum absolute atomic E-state index is 13.1. The van der Waals surface area contributed by atoms with Crippen LogP contribution in [0.25, 0.3) is 0 Å². The van der Waals surface area contributed by atoms with Gasteiger partial charge in [-0.05, 0) is 36.2 Å². The fourth-order valence-electron chi connectivity index (χ4n) is 3.17. The average Bonchev–Trinajstić information content (AvgIpc) is 2.72. The quantitative estimate of drug-likeness (QED) is 0.688. The van der Waals surface area contributed by atoms with Gasteiger partial charge in [-0.2, -0.15) is 5.10 Å². The fourth-order valence-corrected chi connectivity index (χ4v) is 3.17. The van der Waals surface area contributed by atoms with Crippen LogP contribution in [0.5, 0.6) is 0 Å². The SMILES string of the molecule is Cc1cnc(N2CCN(c3ccc(=O)n(Cc4ccc(F)cc4)n3)CC2)nc1. The van der Waals surface area contributed by atoms with Gasteiger partial charge in [-0.15, -0.1) is 0 Å². The molecule has 3 heterocycles. The number of aryl methyl sites for hydroxylation is 1. The predicted octanol–water partition coefficient (Wildman–Crippen LogP) is 1.86. The van der Waals surface area contributed by atoms with Gasteiger partial charge in [0.25, 0.3) is 5.56 Å². The highest BCUT2D eigenvalue weighted by Gasteiger charge is 2.20. The lowest BCUT2D eigenvalue weighted by atomic mass is 10.2. The van der Waals surface area contributed by atoms with Crippen LogP contribution in [0.1, 0.15) is 11.1 Å². The Morgan fingerprint density at radius 2 is 1.57 bits per heavy atom. The van der Waals surface area contributed by atoms with Crippen molar-refractivity contribution in [2.24, 2.45) is 0 Å². The van der Waals surface area contributed by atoms with Crippen LogP contribution in [0.15, 0.2) is 53.6 Å². The molecule has 28 heavy (non-hydrogen) atoms. The topological polar surface area (TPSA) is 67.2 Å². The van der Waals surface area contributed by atoms with E-state index in [0.717, 1.165) is 49.1 Å². The number of piperazine rings is 1. The predicted molar refractivity (Wildman–Crippen MR) is 105 cm³/mol. The first-order chi connectivity index (χ1) is 13.6. The van der Waals surface area contributed by atoms with Crippen molar-refractivity contribution in [2.45, 2.75) is 13.5 Å². The van der Waals surface area contributed by atoms with Crippen molar-refractivity contribution < 1.29 is 4.39 Å². The van der Waals surface area contributed by atoms with E-state index in [2.05, 4.69) is 24.9 Å². The maximum Gasteiger partial charge on any atom is 0.267 e. The van der Waals surface area contributed by atoms with Crippen LogP contribution in [-0.4, -0.2) is 45.9 Å². The van der Waals surface area contributed by atoms with Gasteiger partial charge < -0.3 is 9.80 Å². The third-order valence-electron chi connectivity index (χ3n) is 4.75. The lowest BCUT2D eigenvalue weighted by molar-refractivity contribution is 0.594. The second-order valence-corrected chi connectivity index (χ2v) is 6.85. The molecule has 7 nitrogen and oxygen atoms in total. The summed E-state index contributed by atoms with van der Waals surface area (Å²) in [6.45, 7) is 5.36. The van der Waals surface area contributed by atoms with E-state index in [0.29, 0.717) is 6.54 Å². The first-order valence-electron chi connectivity index (χ1n) is 9.20. The summed E-state index contributed by atoms with van der Waals surface area (Å²) in [5.41, 5.74) is 1.68. The lowest BCUT2D eigenvalue weighted by Gasteiger charge is -2.35. The molecule has 0 radical (unpaired) electrons. The van der Waals surface area contributed by atoms with E-state index in [1.807, 2.05) is 19.3 Å². The fraction of sp³-hybridized carbons (Fsp3) is 0.300. The molecular weight excluding hydrogens is 359 g/mol. The maximum atomic E-state index is 13.1. The third-order valence-corrected chi connectivity index (χ3v) is 4.75. The van der Waals surface area contributed by atoms with Gasteiger partial charge in [0.15, 0.2) is 0 Å². The van der Waals surface area contributed by atoms with E-state index in [4.69, 9.17) is 0 Å². The molecule has 1 aromatic carbocycles. The van der Waals surface area contributed by atoms with Crippen LogP contribution in [0.4, 0.5) is 16.2 Å². The van der Waals surface area contributed by atoms with Gasteiger partial charge in [-0.1, -0.05) is 12.1 Å². The average molecular weight is 380 g/mol. The number of aromatic nitrogens is 4. The minimum Gasteiger partial charge on any atom is -0.352 e. The molecule has 1 fully saturated rings. The molecule has 2 aromatic heterocycles. The number of hydrogen-bond acceptors (Lipinski definition) is 6. The summed E-state index contributed by atoms with van der Waals surface area (Å²) in [6, 6.07) is 9.38. The highest BCUT2D eigenvalue weighted by Crippen LogP contribution is 2.15. The van der Waals surface area contributed by atoms with Gasteiger partial charge in [0.05, 0.1) is 6.54 Å². The van der Waals surface area contributed by atoms with Gasteiger partial charge in [0.1, 0.15) is 11.6 Å². The second-order valence-electron chi connectivity index (χ2n) is 6.85. The van der Waals surface area contributed by atoms with Crippen molar-refractivity contribution in [3.8, 4) is 0 Å². The number of anilines is 2. The van der Waals surface area contributed by atoms with Gasteiger partial charge in [-0.25, -0.2) is 19.0 Å². The van der Waals surface area contributed by atoms with Crippen molar-refractivity contribution >= 4 is 11.8 Å². The van der Waals surface area contributed by atoms with Crippen LogP contribution in [0.2, 0.25) is 0 Å². The third kappa shape index (κ3) is 4.00. The summed E-state index contributed by atoms with van der Waals surface area (Å²) in [5, 5.41) is 4.51. The van der Waals surface area contributed by atoms with Gasteiger partial charge >= 0.3 is 0 Å². The van der Waals surface area contributed by atoms with Crippen molar-refractivity contribution in [2.75, 3.05) is 36.0 Å². The molecule has 1 aliphatic rings. The molecule has 0 amide bonds. The summed E-state index contributed by atoms with van der Waals surface area (Å²) in [7, 11) is 0. The minimum absolute atomic E-state index is 0.181. The van der Waals surface area contributed by atoms with Crippen molar-refractivity contribution in [3.05, 3.63) is 76.1 Å². The van der Waals surface area contributed by atoms with Gasteiger partial charge in [-0.3, -0.25) is 4.79 Å². The van der Waals surface area contributed by atoms with Crippen LogP contribution < -0.4 is 15.4 Å². The minimum atomic E-state index is -0.298. The molecule has 0 unspecified atom stereocenters. The van der Waals surface area contributed by atoms with E-state index in [1.165, 1.54) is 22.9 Å².